The van der Waals surface area contributed by atoms with Gasteiger partial charge in [0.2, 0.25) is 0 Å². The second kappa shape index (κ2) is 5.15. The van der Waals surface area contributed by atoms with Crippen LogP contribution in [0.1, 0.15) is 45.9 Å². The quantitative estimate of drug-likeness (QED) is 0.837. The lowest BCUT2D eigenvalue weighted by Crippen LogP contribution is -2.33. The highest BCUT2D eigenvalue weighted by Crippen LogP contribution is 2.38. The minimum absolute atomic E-state index is 0.184. The summed E-state index contributed by atoms with van der Waals surface area (Å²) in [6.07, 6.45) is 1.11. The van der Waals surface area contributed by atoms with E-state index < -0.39 is 0 Å². The van der Waals surface area contributed by atoms with Gasteiger partial charge in [0.1, 0.15) is 11.3 Å². The van der Waals surface area contributed by atoms with E-state index in [1.54, 1.807) is 0 Å². The first-order chi connectivity index (χ1) is 8.58. The van der Waals surface area contributed by atoms with Crippen LogP contribution >= 0.6 is 0 Å². The number of rotatable bonds is 5. The van der Waals surface area contributed by atoms with Crippen LogP contribution in [0.4, 0.5) is 0 Å². The standard InChI is InChI=1S/C16H23NO/c1-5-16(3,4)15(17-6-2)14-11-12-9-7-8-10-13(12)18-14/h7-11,15,17H,5-6H2,1-4H3. The van der Waals surface area contributed by atoms with Crippen molar-refractivity contribution in [3.05, 3.63) is 36.1 Å². The van der Waals surface area contributed by atoms with Gasteiger partial charge in [-0.3, -0.25) is 0 Å². The van der Waals surface area contributed by atoms with Crippen molar-refractivity contribution in [3.63, 3.8) is 0 Å². The van der Waals surface area contributed by atoms with E-state index in [0.717, 1.165) is 24.3 Å². The predicted molar refractivity (Wildman–Crippen MR) is 76.7 cm³/mol. The lowest BCUT2D eigenvalue weighted by atomic mass is 9.80. The van der Waals surface area contributed by atoms with E-state index in [-0.39, 0.29) is 11.5 Å². The number of hydrogen-bond donors (Lipinski definition) is 1. The van der Waals surface area contributed by atoms with E-state index in [1.807, 2.05) is 12.1 Å². The number of benzene rings is 1. The Morgan fingerprint density at radius 1 is 1.22 bits per heavy atom. The highest BCUT2D eigenvalue weighted by molar-refractivity contribution is 5.77. The first-order valence-electron chi connectivity index (χ1n) is 6.80. The molecule has 1 heterocycles. The molecule has 0 aliphatic carbocycles. The second-order valence-electron chi connectivity index (χ2n) is 5.52. The van der Waals surface area contributed by atoms with Gasteiger partial charge in [-0.05, 0) is 30.5 Å². The largest absolute Gasteiger partial charge is 0.459 e. The monoisotopic (exact) mass is 245 g/mol. The number of fused-ring (bicyclic) bond motifs is 1. The molecular formula is C16H23NO. The smallest absolute Gasteiger partial charge is 0.134 e. The van der Waals surface area contributed by atoms with Crippen LogP contribution in [0, 0.1) is 5.41 Å². The van der Waals surface area contributed by atoms with Gasteiger partial charge in [-0.15, -0.1) is 0 Å². The molecule has 2 heteroatoms. The summed E-state index contributed by atoms with van der Waals surface area (Å²) in [6.45, 7) is 9.89. The lowest BCUT2D eigenvalue weighted by Gasteiger charge is -2.32. The summed E-state index contributed by atoms with van der Waals surface area (Å²) < 4.78 is 6.01. The van der Waals surface area contributed by atoms with E-state index in [9.17, 15) is 0 Å². The first-order valence-corrected chi connectivity index (χ1v) is 6.80. The molecule has 2 rings (SSSR count). The topological polar surface area (TPSA) is 25.2 Å². The molecule has 0 fully saturated rings. The van der Waals surface area contributed by atoms with Gasteiger partial charge in [0.25, 0.3) is 0 Å². The van der Waals surface area contributed by atoms with Crippen molar-refractivity contribution in [2.75, 3.05) is 6.54 Å². The van der Waals surface area contributed by atoms with Crippen LogP contribution in [0.15, 0.2) is 34.7 Å². The Balaban J connectivity index is 2.41. The Morgan fingerprint density at radius 3 is 2.56 bits per heavy atom. The molecule has 0 aliphatic heterocycles. The van der Waals surface area contributed by atoms with Crippen molar-refractivity contribution in [1.29, 1.82) is 0 Å². The SMILES string of the molecule is CCNC(c1cc2ccccc2o1)C(C)(C)CC. The molecule has 0 saturated carbocycles. The number of furan rings is 1. The molecule has 0 amide bonds. The maximum Gasteiger partial charge on any atom is 0.134 e. The van der Waals surface area contributed by atoms with Crippen LogP contribution in [-0.4, -0.2) is 6.54 Å². The average molecular weight is 245 g/mol. The molecular weight excluding hydrogens is 222 g/mol. The Labute approximate surface area is 109 Å². The van der Waals surface area contributed by atoms with E-state index >= 15 is 0 Å². The molecule has 98 valence electrons. The van der Waals surface area contributed by atoms with Gasteiger partial charge < -0.3 is 9.73 Å². The molecule has 18 heavy (non-hydrogen) atoms. The zero-order chi connectivity index (χ0) is 13.2. The summed E-state index contributed by atoms with van der Waals surface area (Å²) >= 11 is 0. The van der Waals surface area contributed by atoms with Crippen LogP contribution in [0.2, 0.25) is 0 Å². The molecule has 0 spiro atoms. The third-order valence-corrected chi connectivity index (χ3v) is 3.83. The van der Waals surface area contributed by atoms with Gasteiger partial charge in [-0.25, -0.2) is 0 Å². The normalized spacial score (nSPS) is 14.0. The second-order valence-corrected chi connectivity index (χ2v) is 5.52. The third kappa shape index (κ3) is 2.44. The van der Waals surface area contributed by atoms with Crippen molar-refractivity contribution in [3.8, 4) is 0 Å². The van der Waals surface area contributed by atoms with Crippen LogP contribution in [0.5, 0.6) is 0 Å². The van der Waals surface area contributed by atoms with Crippen LogP contribution in [0.3, 0.4) is 0 Å². The highest BCUT2D eigenvalue weighted by Gasteiger charge is 2.31. The van der Waals surface area contributed by atoms with Gasteiger partial charge in [0.15, 0.2) is 0 Å². The average Bonchev–Trinajstić information content (AvgIpc) is 2.78. The van der Waals surface area contributed by atoms with Crippen LogP contribution < -0.4 is 5.32 Å². The molecule has 0 bridgehead atoms. The van der Waals surface area contributed by atoms with Gasteiger partial charge >= 0.3 is 0 Å². The molecule has 1 unspecified atom stereocenters. The summed E-state index contributed by atoms with van der Waals surface area (Å²) in [4.78, 5) is 0. The van der Waals surface area contributed by atoms with E-state index in [1.165, 1.54) is 5.39 Å². The van der Waals surface area contributed by atoms with Gasteiger partial charge in [-0.2, -0.15) is 0 Å². The number of hydrogen-bond acceptors (Lipinski definition) is 2. The summed E-state index contributed by atoms with van der Waals surface area (Å²) in [5.41, 5.74) is 1.16. The predicted octanol–water partition coefficient (Wildman–Crippen LogP) is 4.52. The van der Waals surface area contributed by atoms with Crippen molar-refractivity contribution >= 4 is 11.0 Å². The van der Waals surface area contributed by atoms with Crippen LogP contribution in [0.25, 0.3) is 11.0 Å². The van der Waals surface area contributed by atoms with E-state index in [4.69, 9.17) is 4.42 Å². The van der Waals surface area contributed by atoms with Crippen LogP contribution in [-0.2, 0) is 0 Å². The Kier molecular flexibility index (Phi) is 3.76. The van der Waals surface area contributed by atoms with Crippen molar-refractivity contribution < 1.29 is 4.42 Å². The first kappa shape index (κ1) is 13.2. The molecule has 1 aromatic carbocycles. The van der Waals surface area contributed by atoms with E-state index in [2.05, 4.69) is 51.2 Å². The van der Waals surface area contributed by atoms with Gasteiger partial charge in [0.05, 0.1) is 6.04 Å². The molecule has 2 nitrogen and oxygen atoms in total. The lowest BCUT2D eigenvalue weighted by molar-refractivity contribution is 0.211. The number of nitrogens with one attached hydrogen (secondary N) is 1. The summed E-state index contributed by atoms with van der Waals surface area (Å²) in [7, 11) is 0. The molecule has 0 saturated heterocycles. The highest BCUT2D eigenvalue weighted by atomic mass is 16.3. The van der Waals surface area contributed by atoms with Gasteiger partial charge in [0, 0.05) is 5.39 Å². The Hall–Kier alpha value is -1.28. The maximum absolute atomic E-state index is 6.01. The summed E-state index contributed by atoms with van der Waals surface area (Å²) in [6, 6.07) is 10.6. The zero-order valence-electron chi connectivity index (χ0n) is 11.8. The summed E-state index contributed by atoms with van der Waals surface area (Å²) in [5, 5.41) is 4.74. The molecule has 0 radical (unpaired) electrons. The molecule has 1 N–H and O–H groups in total. The van der Waals surface area contributed by atoms with Crippen molar-refractivity contribution in [2.45, 2.75) is 40.2 Å². The molecule has 1 aromatic heterocycles. The fourth-order valence-electron chi connectivity index (χ4n) is 2.31. The molecule has 1 atom stereocenters. The Bertz CT molecular complexity index is 480. The van der Waals surface area contributed by atoms with Crippen molar-refractivity contribution in [1.82, 2.24) is 5.32 Å². The maximum atomic E-state index is 6.01. The van der Waals surface area contributed by atoms with E-state index in [0.29, 0.717) is 0 Å². The fraction of sp³-hybridized carbons (Fsp3) is 0.500. The number of para-hydroxylation sites is 1. The minimum atomic E-state index is 0.184. The van der Waals surface area contributed by atoms with Gasteiger partial charge in [-0.1, -0.05) is 45.9 Å². The zero-order valence-corrected chi connectivity index (χ0v) is 11.8. The molecule has 2 aromatic rings. The molecule has 0 aliphatic rings. The van der Waals surface area contributed by atoms with Crippen molar-refractivity contribution in [2.24, 2.45) is 5.41 Å². The third-order valence-electron chi connectivity index (χ3n) is 3.83. The summed E-state index contributed by atoms with van der Waals surface area (Å²) in [5.74, 6) is 1.05. The minimum Gasteiger partial charge on any atom is -0.459 e. The Morgan fingerprint density at radius 2 is 1.94 bits per heavy atom. The fourth-order valence-corrected chi connectivity index (χ4v) is 2.31.